The fourth-order valence-corrected chi connectivity index (χ4v) is 5.02. The minimum Gasteiger partial charge on any atom is -0.461 e. The molecular formula is C19H22FN3O5S. The molecule has 2 heterocycles. The zero-order chi connectivity index (χ0) is 21.2. The summed E-state index contributed by atoms with van der Waals surface area (Å²) in [7, 11) is -2.50. The highest BCUT2D eigenvalue weighted by Crippen LogP contribution is 2.28. The van der Waals surface area contributed by atoms with Gasteiger partial charge in [0.25, 0.3) is 0 Å². The number of aryl methyl sites for hydroxylation is 1. The predicted molar refractivity (Wildman–Crippen MR) is 103 cm³/mol. The number of hydrogen-bond donors (Lipinski definition) is 1. The number of para-hydroxylation sites is 1. The van der Waals surface area contributed by atoms with Crippen LogP contribution in [0.25, 0.3) is 0 Å². The van der Waals surface area contributed by atoms with Crippen LogP contribution in [0.2, 0.25) is 0 Å². The van der Waals surface area contributed by atoms with Crippen LogP contribution in [0, 0.1) is 5.82 Å². The van der Waals surface area contributed by atoms with Gasteiger partial charge in [-0.25, -0.2) is 17.6 Å². The van der Waals surface area contributed by atoms with E-state index >= 15 is 0 Å². The normalized spacial score (nSPS) is 17.3. The van der Waals surface area contributed by atoms with Gasteiger partial charge in [-0.05, 0) is 38.0 Å². The summed E-state index contributed by atoms with van der Waals surface area (Å²) in [5.74, 6) is -1.83. The van der Waals surface area contributed by atoms with Gasteiger partial charge >= 0.3 is 5.97 Å². The standard InChI is InChI=1S/C19H22FN3O5S/c1-3-28-19(25)17-11-13(12-22(17)2)29(26,27)23-10-6-9-16(23)18(24)21-15-8-5-4-7-14(15)20/h4-5,7-8,11-12,16H,3,6,9-10H2,1-2H3,(H,21,24). The van der Waals surface area contributed by atoms with E-state index in [1.54, 1.807) is 13.0 Å². The average molecular weight is 423 g/mol. The number of esters is 1. The van der Waals surface area contributed by atoms with Gasteiger partial charge in [0.2, 0.25) is 15.9 Å². The van der Waals surface area contributed by atoms with Gasteiger partial charge in [0.1, 0.15) is 22.4 Å². The molecule has 1 aliphatic heterocycles. The maximum atomic E-state index is 13.8. The summed E-state index contributed by atoms with van der Waals surface area (Å²) < 4.78 is 47.5. The SMILES string of the molecule is CCOC(=O)c1cc(S(=O)(=O)N2CCCC2C(=O)Nc2ccccc2F)cn1C. The van der Waals surface area contributed by atoms with Crippen LogP contribution in [0.5, 0.6) is 0 Å². The molecule has 29 heavy (non-hydrogen) atoms. The Morgan fingerprint density at radius 1 is 1.31 bits per heavy atom. The quantitative estimate of drug-likeness (QED) is 0.718. The third-order valence-corrected chi connectivity index (χ3v) is 6.58. The maximum absolute atomic E-state index is 13.8. The average Bonchev–Trinajstić information content (AvgIpc) is 3.31. The number of nitrogens with zero attached hydrogens (tertiary/aromatic N) is 2. The molecule has 1 N–H and O–H groups in total. The molecule has 0 spiro atoms. The minimum absolute atomic E-state index is 0.00828. The Morgan fingerprint density at radius 2 is 2.03 bits per heavy atom. The van der Waals surface area contributed by atoms with E-state index in [1.807, 2.05) is 0 Å². The van der Waals surface area contributed by atoms with E-state index in [0.717, 1.165) is 4.31 Å². The molecular weight excluding hydrogens is 401 g/mol. The number of carbonyl (C=O) groups excluding carboxylic acids is 2. The minimum atomic E-state index is -4.04. The third kappa shape index (κ3) is 4.18. The van der Waals surface area contributed by atoms with Crippen molar-refractivity contribution in [3.05, 3.63) is 48.0 Å². The second-order valence-corrected chi connectivity index (χ2v) is 8.53. The molecule has 1 saturated heterocycles. The van der Waals surface area contributed by atoms with Crippen molar-refractivity contribution in [3.8, 4) is 0 Å². The van der Waals surface area contributed by atoms with Crippen LogP contribution < -0.4 is 5.32 Å². The molecule has 156 valence electrons. The first-order valence-corrected chi connectivity index (χ1v) is 10.6. The van der Waals surface area contributed by atoms with Crippen molar-refractivity contribution < 1.29 is 27.1 Å². The zero-order valence-corrected chi connectivity index (χ0v) is 16.9. The number of sulfonamides is 1. The fraction of sp³-hybridized carbons (Fsp3) is 0.368. The number of ether oxygens (including phenoxy) is 1. The van der Waals surface area contributed by atoms with Crippen LogP contribution in [0.15, 0.2) is 41.4 Å². The van der Waals surface area contributed by atoms with Crippen LogP contribution in [0.4, 0.5) is 10.1 Å². The first-order chi connectivity index (χ1) is 13.8. The zero-order valence-electron chi connectivity index (χ0n) is 16.1. The Bertz CT molecular complexity index is 1030. The summed E-state index contributed by atoms with van der Waals surface area (Å²) >= 11 is 0. The van der Waals surface area contributed by atoms with Gasteiger partial charge in [-0.3, -0.25) is 4.79 Å². The van der Waals surface area contributed by atoms with E-state index in [0.29, 0.717) is 12.8 Å². The van der Waals surface area contributed by atoms with Crippen LogP contribution in [0.1, 0.15) is 30.3 Å². The summed E-state index contributed by atoms with van der Waals surface area (Å²) in [5, 5.41) is 2.46. The Balaban J connectivity index is 1.84. The summed E-state index contributed by atoms with van der Waals surface area (Å²) in [6.07, 6.45) is 2.12. The fourth-order valence-electron chi connectivity index (χ4n) is 3.29. The number of rotatable bonds is 6. The molecule has 1 atom stereocenters. The van der Waals surface area contributed by atoms with Gasteiger partial charge in [0.15, 0.2) is 0 Å². The first kappa shape index (κ1) is 21.0. The molecule has 0 bridgehead atoms. The van der Waals surface area contributed by atoms with Crippen molar-refractivity contribution in [2.45, 2.75) is 30.7 Å². The highest BCUT2D eigenvalue weighted by molar-refractivity contribution is 7.89. The second-order valence-electron chi connectivity index (χ2n) is 6.64. The van der Waals surface area contributed by atoms with Crippen LogP contribution in [-0.2, 0) is 26.6 Å². The van der Waals surface area contributed by atoms with E-state index in [2.05, 4.69) is 5.32 Å². The molecule has 1 aliphatic rings. The number of nitrogens with one attached hydrogen (secondary N) is 1. The third-order valence-electron chi connectivity index (χ3n) is 4.71. The molecule has 1 unspecified atom stereocenters. The van der Waals surface area contributed by atoms with Crippen molar-refractivity contribution in [3.63, 3.8) is 0 Å². The molecule has 1 fully saturated rings. The van der Waals surface area contributed by atoms with Crippen LogP contribution in [0.3, 0.4) is 0 Å². The molecule has 0 radical (unpaired) electrons. The van der Waals surface area contributed by atoms with Crippen LogP contribution >= 0.6 is 0 Å². The van der Waals surface area contributed by atoms with E-state index in [-0.39, 0.29) is 29.4 Å². The molecule has 3 rings (SSSR count). The molecule has 1 aromatic heterocycles. The summed E-state index contributed by atoms with van der Waals surface area (Å²) in [4.78, 5) is 24.5. The Morgan fingerprint density at radius 3 is 2.72 bits per heavy atom. The molecule has 1 amide bonds. The van der Waals surface area contributed by atoms with Gasteiger partial charge in [-0.2, -0.15) is 4.31 Å². The number of halogens is 1. The number of carbonyl (C=O) groups is 2. The summed E-state index contributed by atoms with van der Waals surface area (Å²) in [5.41, 5.74) is 0.0861. The lowest BCUT2D eigenvalue weighted by Gasteiger charge is -2.23. The van der Waals surface area contributed by atoms with E-state index in [4.69, 9.17) is 4.74 Å². The van der Waals surface area contributed by atoms with E-state index in [9.17, 15) is 22.4 Å². The Labute approximate surface area is 168 Å². The lowest BCUT2D eigenvalue weighted by atomic mass is 10.2. The topological polar surface area (TPSA) is 97.7 Å². The smallest absolute Gasteiger partial charge is 0.354 e. The number of aromatic nitrogens is 1. The lowest BCUT2D eigenvalue weighted by molar-refractivity contribution is -0.119. The largest absolute Gasteiger partial charge is 0.461 e. The highest BCUT2D eigenvalue weighted by Gasteiger charge is 2.40. The molecule has 10 heteroatoms. The molecule has 1 aromatic carbocycles. The van der Waals surface area contributed by atoms with Crippen molar-refractivity contribution >= 4 is 27.6 Å². The second kappa shape index (κ2) is 8.34. The van der Waals surface area contributed by atoms with Crippen molar-refractivity contribution in [2.24, 2.45) is 7.05 Å². The Kier molecular flexibility index (Phi) is 6.04. The van der Waals surface area contributed by atoms with E-state index < -0.39 is 33.8 Å². The van der Waals surface area contributed by atoms with Crippen molar-refractivity contribution in [1.29, 1.82) is 0 Å². The predicted octanol–water partition coefficient (Wildman–Crippen LogP) is 2.13. The molecule has 0 aliphatic carbocycles. The summed E-state index contributed by atoms with van der Waals surface area (Å²) in [6, 6.07) is 5.95. The lowest BCUT2D eigenvalue weighted by Crippen LogP contribution is -2.43. The van der Waals surface area contributed by atoms with Crippen molar-refractivity contribution in [1.82, 2.24) is 8.87 Å². The van der Waals surface area contributed by atoms with E-state index in [1.165, 1.54) is 42.1 Å². The van der Waals surface area contributed by atoms with Crippen LogP contribution in [-0.4, -0.2) is 48.4 Å². The first-order valence-electron chi connectivity index (χ1n) is 9.16. The number of amides is 1. The highest BCUT2D eigenvalue weighted by atomic mass is 32.2. The van der Waals surface area contributed by atoms with Crippen molar-refractivity contribution in [2.75, 3.05) is 18.5 Å². The van der Waals surface area contributed by atoms with Gasteiger partial charge in [0, 0.05) is 19.8 Å². The monoisotopic (exact) mass is 423 g/mol. The Hall–Kier alpha value is -2.72. The van der Waals surface area contributed by atoms with Gasteiger partial charge < -0.3 is 14.6 Å². The number of hydrogen-bond acceptors (Lipinski definition) is 5. The number of anilines is 1. The maximum Gasteiger partial charge on any atom is 0.354 e. The number of benzene rings is 1. The molecule has 8 nitrogen and oxygen atoms in total. The molecule has 2 aromatic rings. The summed E-state index contributed by atoms with van der Waals surface area (Å²) in [6.45, 7) is 1.97. The van der Waals surface area contributed by atoms with Gasteiger partial charge in [-0.15, -0.1) is 0 Å². The van der Waals surface area contributed by atoms with Gasteiger partial charge in [-0.1, -0.05) is 12.1 Å². The van der Waals surface area contributed by atoms with Gasteiger partial charge in [0.05, 0.1) is 12.3 Å². The molecule has 0 saturated carbocycles.